The van der Waals surface area contributed by atoms with Crippen molar-refractivity contribution in [2.75, 3.05) is 11.5 Å². The Bertz CT molecular complexity index is 740. The molecule has 1 saturated heterocycles. The first kappa shape index (κ1) is 16.3. The highest BCUT2D eigenvalue weighted by molar-refractivity contribution is 8.13. The number of amides is 1. The lowest BCUT2D eigenvalue weighted by molar-refractivity contribution is -0.124. The van der Waals surface area contributed by atoms with Crippen molar-refractivity contribution in [2.24, 2.45) is 5.92 Å². The van der Waals surface area contributed by atoms with E-state index in [0.29, 0.717) is 12.0 Å². The van der Waals surface area contributed by atoms with E-state index < -0.39 is 24.8 Å². The van der Waals surface area contributed by atoms with Crippen LogP contribution in [0.15, 0.2) is 29.2 Å². The maximum Gasteiger partial charge on any atom is 0.261 e. The van der Waals surface area contributed by atoms with E-state index in [0.717, 1.165) is 0 Å². The molecule has 1 aromatic carbocycles. The van der Waals surface area contributed by atoms with Crippen LogP contribution >= 0.6 is 10.7 Å². The van der Waals surface area contributed by atoms with Crippen molar-refractivity contribution in [1.29, 1.82) is 0 Å². The highest BCUT2D eigenvalue weighted by atomic mass is 35.7. The van der Waals surface area contributed by atoms with Gasteiger partial charge in [-0.25, -0.2) is 16.8 Å². The second kappa shape index (κ2) is 5.94. The molecule has 1 aliphatic heterocycles. The van der Waals surface area contributed by atoms with Gasteiger partial charge < -0.3 is 5.32 Å². The molecule has 0 bridgehead atoms. The maximum absolute atomic E-state index is 11.8. The predicted octanol–water partition coefficient (Wildman–Crippen LogP) is 0.665. The van der Waals surface area contributed by atoms with Gasteiger partial charge in [0.1, 0.15) is 0 Å². The molecule has 9 heteroatoms. The van der Waals surface area contributed by atoms with Crippen LogP contribution in [0, 0.1) is 5.92 Å². The quantitative estimate of drug-likeness (QED) is 0.804. The molecule has 1 N–H and O–H groups in total. The van der Waals surface area contributed by atoms with E-state index in [9.17, 15) is 21.6 Å². The number of hydrogen-bond donors (Lipinski definition) is 1. The lowest BCUT2D eigenvalue weighted by atomic mass is 10.1. The number of sulfone groups is 1. The smallest absolute Gasteiger partial charge is 0.261 e. The van der Waals surface area contributed by atoms with Gasteiger partial charge in [0.2, 0.25) is 5.91 Å². The van der Waals surface area contributed by atoms with Crippen LogP contribution < -0.4 is 5.32 Å². The van der Waals surface area contributed by atoms with Crippen molar-refractivity contribution >= 4 is 35.5 Å². The van der Waals surface area contributed by atoms with Gasteiger partial charge in [0, 0.05) is 17.2 Å². The van der Waals surface area contributed by atoms with Crippen molar-refractivity contribution in [3.8, 4) is 0 Å². The lowest BCUT2D eigenvalue weighted by Gasteiger charge is -2.09. The SMILES string of the molecule is O=C(NCc1ccc(S(=O)(=O)Cl)cc1)C1CCS(=O)(=O)C1. The summed E-state index contributed by atoms with van der Waals surface area (Å²) in [6.07, 6.45) is 0.345. The minimum Gasteiger partial charge on any atom is -0.352 e. The Kier molecular flexibility index (Phi) is 4.60. The Morgan fingerprint density at radius 1 is 1.29 bits per heavy atom. The number of benzene rings is 1. The summed E-state index contributed by atoms with van der Waals surface area (Å²) < 4.78 is 44.8. The highest BCUT2D eigenvalue weighted by Gasteiger charge is 2.32. The number of hydrogen-bond acceptors (Lipinski definition) is 5. The molecule has 0 aliphatic carbocycles. The summed E-state index contributed by atoms with van der Waals surface area (Å²) in [6, 6.07) is 5.79. The van der Waals surface area contributed by atoms with Gasteiger partial charge in [-0.1, -0.05) is 12.1 Å². The van der Waals surface area contributed by atoms with Gasteiger partial charge in [0.25, 0.3) is 9.05 Å². The molecule has 1 fully saturated rings. The zero-order chi connectivity index (χ0) is 15.7. The van der Waals surface area contributed by atoms with Crippen LogP contribution in [-0.4, -0.2) is 34.2 Å². The number of rotatable bonds is 4. The topological polar surface area (TPSA) is 97.4 Å². The van der Waals surface area contributed by atoms with Crippen molar-refractivity contribution in [3.63, 3.8) is 0 Å². The fraction of sp³-hybridized carbons (Fsp3) is 0.417. The maximum atomic E-state index is 11.8. The summed E-state index contributed by atoms with van der Waals surface area (Å²) in [5, 5.41) is 2.65. The average molecular weight is 352 g/mol. The van der Waals surface area contributed by atoms with Crippen LogP contribution in [0.2, 0.25) is 0 Å². The third-order valence-corrected chi connectivity index (χ3v) is 6.41. The van der Waals surface area contributed by atoms with E-state index in [1.807, 2.05) is 0 Å². The fourth-order valence-electron chi connectivity index (χ4n) is 2.11. The Morgan fingerprint density at radius 3 is 2.38 bits per heavy atom. The Balaban J connectivity index is 1.93. The molecule has 21 heavy (non-hydrogen) atoms. The van der Waals surface area contributed by atoms with E-state index in [2.05, 4.69) is 5.32 Å². The van der Waals surface area contributed by atoms with Crippen molar-refractivity contribution in [2.45, 2.75) is 17.9 Å². The molecule has 0 spiro atoms. The summed E-state index contributed by atoms with van der Waals surface area (Å²) >= 11 is 0. The molecule has 2 rings (SSSR count). The second-order valence-electron chi connectivity index (χ2n) is 4.90. The zero-order valence-electron chi connectivity index (χ0n) is 11.0. The van der Waals surface area contributed by atoms with Gasteiger partial charge in [0.05, 0.1) is 22.3 Å². The first-order valence-electron chi connectivity index (χ1n) is 6.19. The van der Waals surface area contributed by atoms with E-state index >= 15 is 0 Å². The second-order valence-corrected chi connectivity index (χ2v) is 9.69. The van der Waals surface area contributed by atoms with Crippen molar-refractivity contribution < 1.29 is 21.6 Å². The zero-order valence-corrected chi connectivity index (χ0v) is 13.3. The van der Waals surface area contributed by atoms with Gasteiger partial charge in [0.15, 0.2) is 9.84 Å². The normalized spacial score (nSPS) is 21.1. The summed E-state index contributed by atoms with van der Waals surface area (Å²) in [6.45, 7) is 0.206. The van der Waals surface area contributed by atoms with Crippen LogP contribution in [-0.2, 0) is 30.2 Å². The number of carbonyl (C=O) groups excluding carboxylic acids is 1. The van der Waals surface area contributed by atoms with Gasteiger partial charge in [-0.15, -0.1) is 0 Å². The molecule has 1 aliphatic rings. The van der Waals surface area contributed by atoms with E-state index in [4.69, 9.17) is 10.7 Å². The lowest BCUT2D eigenvalue weighted by Crippen LogP contribution is -2.30. The summed E-state index contributed by atoms with van der Waals surface area (Å²) in [5.41, 5.74) is 0.702. The highest BCUT2D eigenvalue weighted by Crippen LogP contribution is 2.19. The molecule has 116 valence electrons. The van der Waals surface area contributed by atoms with E-state index in [1.54, 1.807) is 12.1 Å². The first-order chi connectivity index (χ1) is 9.67. The van der Waals surface area contributed by atoms with Crippen LogP contribution in [0.1, 0.15) is 12.0 Å². The predicted molar refractivity (Wildman–Crippen MR) is 78.1 cm³/mol. The molecular formula is C12H14ClNO5S2. The third-order valence-electron chi connectivity index (χ3n) is 3.27. The molecule has 1 atom stereocenters. The molecule has 0 saturated carbocycles. The van der Waals surface area contributed by atoms with Gasteiger partial charge in [-0.05, 0) is 24.1 Å². The van der Waals surface area contributed by atoms with E-state index in [1.165, 1.54) is 12.1 Å². The third kappa shape index (κ3) is 4.42. The molecule has 1 amide bonds. The Labute approximate surface area is 127 Å². The molecule has 1 unspecified atom stereocenters. The van der Waals surface area contributed by atoms with E-state index in [-0.39, 0.29) is 28.9 Å². The Hall–Kier alpha value is -1.12. The Morgan fingerprint density at radius 2 is 1.90 bits per heavy atom. The summed E-state index contributed by atoms with van der Waals surface area (Å²) in [7, 11) is -1.65. The number of halogens is 1. The first-order valence-corrected chi connectivity index (χ1v) is 10.3. The standard InChI is InChI=1S/C12H14ClNO5S2/c13-21(18,19)11-3-1-9(2-4-11)7-14-12(15)10-5-6-20(16,17)8-10/h1-4,10H,5-8H2,(H,14,15). The molecular weight excluding hydrogens is 338 g/mol. The van der Waals surface area contributed by atoms with Crippen molar-refractivity contribution in [3.05, 3.63) is 29.8 Å². The average Bonchev–Trinajstić information content (AvgIpc) is 2.76. The molecule has 0 aromatic heterocycles. The van der Waals surface area contributed by atoms with Crippen LogP contribution in [0.3, 0.4) is 0 Å². The largest absolute Gasteiger partial charge is 0.352 e. The minimum absolute atomic E-state index is 0.0128. The van der Waals surface area contributed by atoms with Gasteiger partial charge in [-0.3, -0.25) is 4.79 Å². The van der Waals surface area contributed by atoms with Crippen LogP contribution in [0.5, 0.6) is 0 Å². The molecule has 6 nitrogen and oxygen atoms in total. The summed E-state index contributed by atoms with van der Waals surface area (Å²) in [4.78, 5) is 11.8. The van der Waals surface area contributed by atoms with Crippen LogP contribution in [0.25, 0.3) is 0 Å². The number of carbonyl (C=O) groups is 1. The fourth-order valence-corrected chi connectivity index (χ4v) is 4.62. The number of nitrogens with one attached hydrogen (secondary N) is 1. The summed E-state index contributed by atoms with van der Waals surface area (Å²) in [5.74, 6) is -0.863. The molecule has 0 radical (unpaired) electrons. The van der Waals surface area contributed by atoms with Gasteiger partial charge in [-0.2, -0.15) is 0 Å². The van der Waals surface area contributed by atoms with Gasteiger partial charge >= 0.3 is 0 Å². The van der Waals surface area contributed by atoms with Crippen molar-refractivity contribution in [1.82, 2.24) is 5.32 Å². The molecule has 1 heterocycles. The monoisotopic (exact) mass is 351 g/mol. The minimum atomic E-state index is -3.76. The van der Waals surface area contributed by atoms with Crippen LogP contribution in [0.4, 0.5) is 0 Å². The molecule has 1 aromatic rings.